The van der Waals surface area contributed by atoms with Crippen LogP contribution in [0.1, 0.15) is 28.7 Å². The molecule has 0 saturated carbocycles. The zero-order valence-electron chi connectivity index (χ0n) is 17.2. The van der Waals surface area contributed by atoms with Crippen LogP contribution in [0, 0.1) is 20.8 Å². The number of benzene rings is 2. The maximum absolute atomic E-state index is 13.1. The first-order valence-electron chi connectivity index (χ1n) is 10.1. The van der Waals surface area contributed by atoms with E-state index in [0.717, 1.165) is 47.2 Å². The van der Waals surface area contributed by atoms with Crippen LogP contribution in [-0.4, -0.2) is 22.3 Å². The Morgan fingerprint density at radius 1 is 1.00 bits per heavy atom. The lowest BCUT2D eigenvalue weighted by atomic mass is 10.1. The van der Waals surface area contributed by atoms with Crippen LogP contribution in [-0.2, 0) is 17.3 Å². The molecular weight excluding hydrogens is 378 g/mol. The van der Waals surface area contributed by atoms with Crippen molar-refractivity contribution in [2.45, 2.75) is 43.5 Å². The smallest absolute Gasteiger partial charge is 0.0893 e. The summed E-state index contributed by atoms with van der Waals surface area (Å²) in [6, 6.07) is 14.5. The Labute approximate surface area is 175 Å². The fourth-order valence-electron chi connectivity index (χ4n) is 3.86. The van der Waals surface area contributed by atoms with Crippen LogP contribution in [0.15, 0.2) is 64.6 Å². The molecule has 0 bridgehead atoms. The number of nitrogens with one attached hydrogen (secondary N) is 1. The Morgan fingerprint density at radius 3 is 2.66 bits per heavy atom. The third-order valence-corrected chi connectivity index (χ3v) is 7.17. The molecule has 4 nitrogen and oxygen atoms in total. The number of hydrogen-bond acceptors (Lipinski definition) is 4. The zero-order valence-corrected chi connectivity index (χ0v) is 18.1. The second-order valence-corrected chi connectivity index (χ2v) is 8.99. The molecule has 0 aliphatic carbocycles. The van der Waals surface area contributed by atoms with E-state index >= 15 is 0 Å². The fraction of sp³-hybridized carbons (Fsp3) is 0.292. The number of hydrogen-bond donors (Lipinski definition) is 1. The predicted molar refractivity (Wildman–Crippen MR) is 119 cm³/mol. The number of anilines is 2. The molecule has 2 aromatic carbocycles. The van der Waals surface area contributed by atoms with Gasteiger partial charge in [0, 0.05) is 19.3 Å². The van der Waals surface area contributed by atoms with Crippen molar-refractivity contribution in [3.8, 4) is 0 Å². The molecule has 1 N–H and O–H groups in total. The fourth-order valence-corrected chi connectivity index (χ4v) is 5.26. The van der Waals surface area contributed by atoms with Crippen LogP contribution < -0.4 is 10.2 Å². The summed E-state index contributed by atoms with van der Waals surface area (Å²) in [5.41, 5.74) is 7.12. The van der Waals surface area contributed by atoms with Crippen molar-refractivity contribution < 1.29 is 4.21 Å². The second-order valence-electron chi connectivity index (χ2n) is 7.57. The number of aryl methyl sites for hydroxylation is 2. The molecule has 1 aromatic heterocycles. The molecule has 29 heavy (non-hydrogen) atoms. The van der Waals surface area contributed by atoms with Crippen molar-refractivity contribution in [1.29, 1.82) is 0 Å². The minimum atomic E-state index is -1.16. The maximum Gasteiger partial charge on any atom is 0.0893 e. The molecule has 4 rings (SSSR count). The minimum absolute atomic E-state index is 0.851. The summed E-state index contributed by atoms with van der Waals surface area (Å²) in [6.45, 7) is 9.04. The highest BCUT2D eigenvalue weighted by Gasteiger charge is 2.29. The van der Waals surface area contributed by atoms with Crippen LogP contribution in [0.4, 0.5) is 11.4 Å². The van der Waals surface area contributed by atoms with E-state index in [1.165, 1.54) is 22.3 Å². The van der Waals surface area contributed by atoms with Crippen LogP contribution in [0.2, 0.25) is 0 Å². The molecular formula is C24H27N3OS. The van der Waals surface area contributed by atoms with Crippen molar-refractivity contribution in [3.05, 3.63) is 77.1 Å². The van der Waals surface area contributed by atoms with Gasteiger partial charge in [0.05, 0.1) is 38.2 Å². The largest absolute Gasteiger partial charge is 0.338 e. The Bertz CT molecular complexity index is 1060. The molecule has 3 aromatic rings. The molecule has 0 saturated heterocycles. The average Bonchev–Trinajstić information content (AvgIpc) is 2.73. The van der Waals surface area contributed by atoms with Gasteiger partial charge < -0.3 is 10.2 Å². The van der Waals surface area contributed by atoms with Gasteiger partial charge in [-0.1, -0.05) is 30.3 Å². The first-order valence-corrected chi connectivity index (χ1v) is 11.2. The van der Waals surface area contributed by atoms with Crippen LogP contribution in [0.5, 0.6) is 0 Å². The van der Waals surface area contributed by atoms with Crippen LogP contribution in [0.25, 0.3) is 0 Å². The number of aromatic nitrogens is 1. The van der Waals surface area contributed by atoms with E-state index in [9.17, 15) is 4.21 Å². The lowest BCUT2D eigenvalue weighted by molar-refractivity contribution is 0.645. The van der Waals surface area contributed by atoms with Gasteiger partial charge in [-0.25, -0.2) is 4.21 Å². The summed E-state index contributed by atoms with van der Waals surface area (Å²) in [7, 11) is -1.16. The van der Waals surface area contributed by atoms with Crippen LogP contribution in [0.3, 0.4) is 0 Å². The predicted octanol–water partition coefficient (Wildman–Crippen LogP) is 4.80. The van der Waals surface area contributed by atoms with E-state index in [1.54, 1.807) is 6.20 Å². The molecule has 150 valence electrons. The number of pyridine rings is 1. The van der Waals surface area contributed by atoms with Gasteiger partial charge in [0.2, 0.25) is 0 Å². The van der Waals surface area contributed by atoms with Crippen molar-refractivity contribution in [2.75, 3.05) is 18.0 Å². The minimum Gasteiger partial charge on any atom is -0.338 e. The van der Waals surface area contributed by atoms with Gasteiger partial charge in [0.25, 0.3) is 0 Å². The molecule has 0 spiro atoms. The molecule has 1 aliphatic rings. The molecule has 0 radical (unpaired) electrons. The van der Waals surface area contributed by atoms with E-state index in [1.807, 2.05) is 18.3 Å². The molecule has 0 fully saturated rings. The normalized spacial score (nSPS) is 15.1. The highest BCUT2D eigenvalue weighted by Crippen LogP contribution is 2.43. The third kappa shape index (κ3) is 3.85. The molecule has 0 amide bonds. The first kappa shape index (κ1) is 19.8. The lowest BCUT2D eigenvalue weighted by Crippen LogP contribution is -2.28. The summed E-state index contributed by atoms with van der Waals surface area (Å²) in [5.74, 6) is 0. The molecule has 1 unspecified atom stereocenters. The average molecular weight is 406 g/mol. The summed E-state index contributed by atoms with van der Waals surface area (Å²) >= 11 is 0. The highest BCUT2D eigenvalue weighted by molar-refractivity contribution is 7.85. The van der Waals surface area contributed by atoms with Gasteiger partial charge in [0.1, 0.15) is 0 Å². The summed E-state index contributed by atoms with van der Waals surface area (Å²) in [4.78, 5) is 8.37. The Kier molecular flexibility index (Phi) is 5.79. The lowest BCUT2D eigenvalue weighted by Gasteiger charge is -2.34. The van der Waals surface area contributed by atoms with Crippen molar-refractivity contribution in [2.24, 2.45) is 0 Å². The Hall–Kier alpha value is -2.50. The van der Waals surface area contributed by atoms with Gasteiger partial charge in [-0.2, -0.15) is 0 Å². The molecule has 5 heteroatoms. The van der Waals surface area contributed by atoms with Gasteiger partial charge >= 0.3 is 0 Å². The third-order valence-electron chi connectivity index (χ3n) is 5.70. The van der Waals surface area contributed by atoms with Gasteiger partial charge in [-0.3, -0.25) is 4.98 Å². The SMILES string of the molecule is Cc1ccccc1CNCCCN1c2cnccc2S(=O)c2ccc(C)c(C)c21. The maximum atomic E-state index is 13.1. The Morgan fingerprint density at radius 2 is 1.83 bits per heavy atom. The monoisotopic (exact) mass is 405 g/mol. The zero-order chi connectivity index (χ0) is 20.4. The summed E-state index contributed by atoms with van der Waals surface area (Å²) < 4.78 is 13.1. The van der Waals surface area contributed by atoms with E-state index < -0.39 is 10.8 Å². The van der Waals surface area contributed by atoms with E-state index in [0.29, 0.717) is 0 Å². The van der Waals surface area contributed by atoms with E-state index in [4.69, 9.17) is 0 Å². The van der Waals surface area contributed by atoms with Crippen LogP contribution >= 0.6 is 0 Å². The Balaban J connectivity index is 1.51. The number of nitrogens with zero attached hydrogens (tertiary/aromatic N) is 2. The van der Waals surface area contributed by atoms with Gasteiger partial charge in [-0.05, 0) is 68.1 Å². The van der Waals surface area contributed by atoms with Gasteiger partial charge in [0.15, 0.2) is 0 Å². The summed E-state index contributed by atoms with van der Waals surface area (Å²) in [5, 5.41) is 3.56. The molecule has 1 aliphatic heterocycles. The number of fused-ring (bicyclic) bond motifs is 2. The standard InChI is InChI=1S/C24H27N3OS/c1-17-9-10-23-24(19(17)3)27(21-16-26-13-11-22(21)29(23)28)14-6-12-25-15-20-8-5-4-7-18(20)2/h4-5,7-11,13,16,25H,6,12,14-15H2,1-3H3. The topological polar surface area (TPSA) is 45.2 Å². The summed E-state index contributed by atoms with van der Waals surface area (Å²) in [6.07, 6.45) is 4.56. The molecule has 2 heterocycles. The van der Waals surface area contributed by atoms with Gasteiger partial charge in [-0.15, -0.1) is 0 Å². The molecule has 1 atom stereocenters. The van der Waals surface area contributed by atoms with Crippen molar-refractivity contribution >= 4 is 22.2 Å². The second kappa shape index (κ2) is 8.47. The number of rotatable bonds is 6. The van der Waals surface area contributed by atoms with Crippen molar-refractivity contribution in [3.63, 3.8) is 0 Å². The quantitative estimate of drug-likeness (QED) is 0.598. The van der Waals surface area contributed by atoms with E-state index in [2.05, 4.69) is 66.3 Å². The first-order chi connectivity index (χ1) is 14.1. The van der Waals surface area contributed by atoms with E-state index in [-0.39, 0.29) is 0 Å². The van der Waals surface area contributed by atoms with Crippen molar-refractivity contribution in [1.82, 2.24) is 10.3 Å². The highest BCUT2D eigenvalue weighted by atomic mass is 32.2.